The molecule has 102 valence electrons. The zero-order valence-corrected chi connectivity index (χ0v) is 11.0. The van der Waals surface area contributed by atoms with Crippen LogP contribution in [0.4, 0.5) is 10.1 Å². The molecule has 4 heteroatoms. The average molecular weight is 270 g/mol. The van der Waals surface area contributed by atoms with Gasteiger partial charge in [0, 0.05) is 11.3 Å². The quantitative estimate of drug-likeness (QED) is 0.671. The van der Waals surface area contributed by atoms with Crippen LogP contribution in [0, 0.1) is 17.1 Å². The highest BCUT2D eigenvalue weighted by Crippen LogP contribution is 2.13. The van der Waals surface area contributed by atoms with E-state index in [2.05, 4.69) is 0 Å². The summed E-state index contributed by atoms with van der Waals surface area (Å²) in [6.07, 6.45) is 0.673. The Morgan fingerprint density at radius 1 is 1.15 bits per heavy atom. The molecule has 0 aliphatic heterocycles. The third-order valence-electron chi connectivity index (χ3n) is 3.00. The van der Waals surface area contributed by atoms with Gasteiger partial charge in [-0.3, -0.25) is 0 Å². The minimum atomic E-state index is -0.358. The van der Waals surface area contributed by atoms with Gasteiger partial charge in [0.25, 0.3) is 0 Å². The van der Waals surface area contributed by atoms with E-state index in [1.165, 1.54) is 18.2 Å². The Bertz CT molecular complexity index is 635. The normalized spacial score (nSPS) is 10.2. The molecule has 0 aromatic heterocycles. The predicted octanol–water partition coefficient (Wildman–Crippen LogP) is 3.04. The summed E-state index contributed by atoms with van der Waals surface area (Å²) < 4.78 is 19.0. The number of hydrogen-bond acceptors (Lipinski definition) is 3. The Labute approximate surface area is 117 Å². The molecule has 20 heavy (non-hydrogen) atoms. The van der Waals surface area contributed by atoms with E-state index in [4.69, 9.17) is 15.7 Å². The number of benzene rings is 2. The molecule has 2 rings (SSSR count). The second-order valence-electron chi connectivity index (χ2n) is 4.42. The zero-order chi connectivity index (χ0) is 14.4. The molecule has 0 saturated heterocycles. The number of hydrogen-bond donors (Lipinski definition) is 1. The van der Waals surface area contributed by atoms with E-state index >= 15 is 0 Å². The molecule has 0 radical (unpaired) electrons. The second kappa shape index (κ2) is 6.69. The highest BCUT2D eigenvalue weighted by Gasteiger charge is 2.04. The summed E-state index contributed by atoms with van der Waals surface area (Å²) in [6, 6.07) is 13.8. The molecule has 2 N–H and O–H groups in total. The molecule has 3 nitrogen and oxygen atoms in total. The summed E-state index contributed by atoms with van der Waals surface area (Å²) in [7, 11) is 0. The topological polar surface area (TPSA) is 59.0 Å². The van der Waals surface area contributed by atoms with Crippen molar-refractivity contribution in [3.63, 3.8) is 0 Å². The van der Waals surface area contributed by atoms with Crippen molar-refractivity contribution in [3.05, 3.63) is 65.0 Å². The molecular formula is C16H15FN2O. The lowest BCUT2D eigenvalue weighted by Gasteiger charge is -2.07. The maximum Gasteiger partial charge on any atom is 0.128 e. The number of nitriles is 1. The van der Waals surface area contributed by atoms with Crippen molar-refractivity contribution in [1.82, 2.24) is 0 Å². The van der Waals surface area contributed by atoms with Gasteiger partial charge in [-0.05, 0) is 36.2 Å². The highest BCUT2D eigenvalue weighted by molar-refractivity contribution is 5.46. The first-order chi connectivity index (χ1) is 9.70. The Kier molecular flexibility index (Phi) is 4.70. The molecule has 0 bridgehead atoms. The number of anilines is 1. The fourth-order valence-corrected chi connectivity index (χ4v) is 1.88. The van der Waals surface area contributed by atoms with E-state index in [1.807, 2.05) is 30.3 Å². The van der Waals surface area contributed by atoms with Crippen molar-refractivity contribution in [2.24, 2.45) is 0 Å². The second-order valence-corrected chi connectivity index (χ2v) is 4.42. The molecule has 2 aromatic carbocycles. The van der Waals surface area contributed by atoms with E-state index in [0.717, 1.165) is 11.3 Å². The molecule has 0 aliphatic carbocycles. The van der Waals surface area contributed by atoms with Crippen molar-refractivity contribution in [3.8, 4) is 6.07 Å². The summed E-state index contributed by atoms with van der Waals surface area (Å²) in [6.45, 7) is 0.596. The van der Waals surface area contributed by atoms with Crippen LogP contribution in [0.15, 0.2) is 42.5 Å². The Morgan fingerprint density at radius 2 is 1.95 bits per heavy atom. The van der Waals surface area contributed by atoms with Gasteiger partial charge in [-0.2, -0.15) is 5.26 Å². The van der Waals surface area contributed by atoms with Crippen LogP contribution in [0.2, 0.25) is 0 Å². The predicted molar refractivity (Wildman–Crippen MR) is 75.3 cm³/mol. The van der Waals surface area contributed by atoms with Crippen LogP contribution in [0.5, 0.6) is 0 Å². The van der Waals surface area contributed by atoms with E-state index in [0.29, 0.717) is 24.2 Å². The third kappa shape index (κ3) is 3.56. The average Bonchev–Trinajstić information content (AvgIpc) is 2.47. The smallest absolute Gasteiger partial charge is 0.128 e. The molecule has 0 saturated carbocycles. The molecular weight excluding hydrogens is 255 g/mol. The van der Waals surface area contributed by atoms with Gasteiger partial charge in [0.15, 0.2) is 0 Å². The first kappa shape index (κ1) is 14.0. The molecule has 0 fully saturated rings. The van der Waals surface area contributed by atoms with Crippen LogP contribution in [-0.2, 0) is 17.8 Å². The maximum absolute atomic E-state index is 13.5. The highest BCUT2D eigenvalue weighted by atomic mass is 19.1. The zero-order valence-electron chi connectivity index (χ0n) is 11.0. The molecule has 2 aromatic rings. The SMILES string of the molecule is N#Cc1ccc(F)c(COCCc2ccccc2N)c1. The van der Waals surface area contributed by atoms with Crippen LogP contribution in [0.1, 0.15) is 16.7 Å². The van der Waals surface area contributed by atoms with E-state index < -0.39 is 0 Å². The van der Waals surface area contributed by atoms with Gasteiger partial charge >= 0.3 is 0 Å². The van der Waals surface area contributed by atoms with Gasteiger partial charge in [0.2, 0.25) is 0 Å². The van der Waals surface area contributed by atoms with Gasteiger partial charge in [-0.25, -0.2) is 4.39 Å². The lowest BCUT2D eigenvalue weighted by atomic mass is 10.1. The Morgan fingerprint density at radius 3 is 2.70 bits per heavy atom. The molecule has 0 spiro atoms. The van der Waals surface area contributed by atoms with Crippen molar-refractivity contribution in [2.75, 3.05) is 12.3 Å². The minimum Gasteiger partial charge on any atom is -0.399 e. The largest absolute Gasteiger partial charge is 0.399 e. The van der Waals surface area contributed by atoms with Gasteiger partial charge < -0.3 is 10.5 Å². The van der Waals surface area contributed by atoms with Gasteiger partial charge in [-0.15, -0.1) is 0 Å². The maximum atomic E-state index is 13.5. The van der Waals surface area contributed by atoms with Crippen LogP contribution in [0.25, 0.3) is 0 Å². The van der Waals surface area contributed by atoms with Gasteiger partial charge in [0.1, 0.15) is 5.82 Å². The summed E-state index contributed by atoms with van der Waals surface area (Å²) in [5, 5.41) is 8.78. The summed E-state index contributed by atoms with van der Waals surface area (Å²) >= 11 is 0. The molecule has 0 amide bonds. The summed E-state index contributed by atoms with van der Waals surface area (Å²) in [5.41, 5.74) is 8.39. The summed E-state index contributed by atoms with van der Waals surface area (Å²) in [5.74, 6) is -0.358. The first-order valence-electron chi connectivity index (χ1n) is 6.30. The van der Waals surface area contributed by atoms with Crippen molar-refractivity contribution < 1.29 is 9.13 Å². The monoisotopic (exact) mass is 270 g/mol. The van der Waals surface area contributed by atoms with E-state index in [9.17, 15) is 4.39 Å². The van der Waals surface area contributed by atoms with Crippen molar-refractivity contribution >= 4 is 5.69 Å². The number of rotatable bonds is 5. The van der Waals surface area contributed by atoms with Crippen molar-refractivity contribution in [1.29, 1.82) is 5.26 Å². The Balaban J connectivity index is 1.88. The molecule has 0 heterocycles. The van der Waals surface area contributed by atoms with Gasteiger partial charge in [0.05, 0.1) is 24.8 Å². The molecule has 0 aliphatic rings. The Hall–Kier alpha value is -2.38. The molecule has 0 unspecified atom stereocenters. The number of ether oxygens (including phenoxy) is 1. The van der Waals surface area contributed by atoms with Crippen LogP contribution in [0.3, 0.4) is 0 Å². The fourth-order valence-electron chi connectivity index (χ4n) is 1.88. The van der Waals surface area contributed by atoms with Crippen molar-refractivity contribution in [2.45, 2.75) is 13.0 Å². The van der Waals surface area contributed by atoms with E-state index in [-0.39, 0.29) is 12.4 Å². The number of nitrogens with zero attached hydrogens (tertiary/aromatic N) is 1. The van der Waals surface area contributed by atoms with Gasteiger partial charge in [-0.1, -0.05) is 18.2 Å². The standard InChI is InChI=1S/C16H15FN2O/c17-15-6-5-12(10-18)9-14(15)11-20-8-7-13-3-1-2-4-16(13)19/h1-6,9H,7-8,11,19H2. The summed E-state index contributed by atoms with van der Waals surface area (Å²) in [4.78, 5) is 0. The lowest BCUT2D eigenvalue weighted by Crippen LogP contribution is -2.03. The minimum absolute atomic E-state index is 0.147. The van der Waals surface area contributed by atoms with Crippen LogP contribution in [-0.4, -0.2) is 6.61 Å². The number of para-hydroxylation sites is 1. The lowest BCUT2D eigenvalue weighted by molar-refractivity contribution is 0.121. The first-order valence-corrected chi connectivity index (χ1v) is 6.30. The number of nitrogen functional groups attached to an aromatic ring is 1. The molecule has 0 atom stereocenters. The number of halogens is 1. The number of nitrogens with two attached hydrogens (primary N) is 1. The van der Waals surface area contributed by atoms with Crippen LogP contribution >= 0.6 is 0 Å². The third-order valence-corrected chi connectivity index (χ3v) is 3.00. The van der Waals surface area contributed by atoms with Crippen LogP contribution < -0.4 is 5.73 Å². The van der Waals surface area contributed by atoms with E-state index in [1.54, 1.807) is 0 Å². The fraction of sp³-hybridized carbons (Fsp3) is 0.188.